The van der Waals surface area contributed by atoms with Crippen LogP contribution in [0.15, 0.2) is 65.1 Å². The molecule has 0 unspecified atom stereocenters. The third-order valence-electron chi connectivity index (χ3n) is 6.53. The molecule has 1 atom stereocenters. The highest BCUT2D eigenvalue weighted by molar-refractivity contribution is 6.09. The number of carbonyl (C=O) groups is 2. The van der Waals surface area contributed by atoms with Crippen LogP contribution in [-0.2, 0) is 9.59 Å². The molecule has 33 heavy (non-hydrogen) atoms. The van der Waals surface area contributed by atoms with Crippen LogP contribution in [0.5, 0.6) is 0 Å². The maximum absolute atomic E-state index is 13.5. The summed E-state index contributed by atoms with van der Waals surface area (Å²) in [6.45, 7) is 9.99. The van der Waals surface area contributed by atoms with Crippen molar-refractivity contribution in [3.8, 4) is 0 Å². The molecule has 0 saturated carbocycles. The van der Waals surface area contributed by atoms with Gasteiger partial charge in [0.25, 0.3) is 5.91 Å². The van der Waals surface area contributed by atoms with Gasteiger partial charge >= 0.3 is 0 Å². The molecule has 1 aliphatic carbocycles. The number of pyridine rings is 1. The van der Waals surface area contributed by atoms with E-state index in [1.807, 2.05) is 19.9 Å². The van der Waals surface area contributed by atoms with E-state index in [1.165, 1.54) is 0 Å². The molecular weight excluding hydrogens is 412 g/mol. The quantitative estimate of drug-likeness (QED) is 0.667. The normalized spacial score (nSPS) is 18.1. The minimum atomic E-state index is -0.398. The molecule has 6 nitrogen and oxygen atoms in total. The van der Waals surface area contributed by atoms with Gasteiger partial charge in [-0.05, 0) is 69.9 Å². The van der Waals surface area contributed by atoms with E-state index >= 15 is 0 Å². The van der Waals surface area contributed by atoms with E-state index in [1.54, 1.807) is 12.3 Å². The Labute approximate surface area is 195 Å². The van der Waals surface area contributed by atoms with Crippen LogP contribution in [0, 0.1) is 6.92 Å². The number of hydrogen-bond donors (Lipinski definition) is 2. The summed E-state index contributed by atoms with van der Waals surface area (Å²) in [5.41, 5.74) is 6.15. The summed E-state index contributed by atoms with van der Waals surface area (Å²) < 4.78 is 0. The minimum Gasteiger partial charge on any atom is -0.372 e. The zero-order valence-corrected chi connectivity index (χ0v) is 19.9. The topological polar surface area (TPSA) is 74.3 Å². The number of ketones is 1. The number of allylic oxidation sites excluding steroid dienone is 3. The molecular formula is C27H32N4O2. The van der Waals surface area contributed by atoms with Gasteiger partial charge < -0.3 is 15.5 Å². The molecule has 0 fully saturated rings. The number of benzene rings is 1. The van der Waals surface area contributed by atoms with Gasteiger partial charge in [-0.1, -0.05) is 18.2 Å². The number of aryl methyl sites for hydroxylation is 1. The summed E-state index contributed by atoms with van der Waals surface area (Å²) in [4.78, 5) is 33.2. The van der Waals surface area contributed by atoms with Gasteiger partial charge in [-0.2, -0.15) is 0 Å². The van der Waals surface area contributed by atoms with Crippen molar-refractivity contribution in [1.82, 2.24) is 10.3 Å². The molecule has 172 valence electrons. The Balaban J connectivity index is 1.74. The Hall–Kier alpha value is -3.41. The molecule has 2 heterocycles. The van der Waals surface area contributed by atoms with Crippen molar-refractivity contribution in [2.75, 3.05) is 23.3 Å². The second kappa shape index (κ2) is 9.61. The number of nitrogens with zero attached hydrogens (tertiary/aromatic N) is 2. The van der Waals surface area contributed by atoms with Crippen LogP contribution >= 0.6 is 0 Å². The molecule has 0 saturated heterocycles. The summed E-state index contributed by atoms with van der Waals surface area (Å²) in [7, 11) is 0. The van der Waals surface area contributed by atoms with Gasteiger partial charge in [0.1, 0.15) is 5.82 Å². The largest absolute Gasteiger partial charge is 0.372 e. The Kier molecular flexibility index (Phi) is 6.63. The molecule has 1 amide bonds. The molecule has 2 N–H and O–H groups in total. The Morgan fingerprint density at radius 3 is 2.45 bits per heavy atom. The van der Waals surface area contributed by atoms with Gasteiger partial charge in [-0.25, -0.2) is 4.98 Å². The SMILES string of the molecule is CCN(CC)c1ccc([C@H]2C(C(=O)Nc3ccc(C)cn3)=C(C)NC3=C2C(=O)CCC3)cc1. The standard InChI is InChI=1S/C27H32N4O2/c1-5-31(6-2)20-13-11-19(12-14-20)25-24(27(33)30-23-15-10-17(3)16-28-23)18(4)29-21-8-7-9-22(32)26(21)25/h10-16,25,29H,5-9H2,1-4H3,(H,28,30,33)/t25-/m0/s1. The lowest BCUT2D eigenvalue weighted by Gasteiger charge is -2.34. The molecule has 4 rings (SSSR count). The van der Waals surface area contributed by atoms with E-state index in [0.717, 1.165) is 59.7 Å². The van der Waals surface area contributed by atoms with E-state index < -0.39 is 5.92 Å². The smallest absolute Gasteiger partial charge is 0.255 e. The number of aromatic nitrogens is 1. The zero-order valence-electron chi connectivity index (χ0n) is 19.9. The molecule has 0 bridgehead atoms. The number of Topliss-reactive ketones (excluding diaryl/α,β-unsaturated/α-hetero) is 1. The maximum atomic E-state index is 13.5. The fourth-order valence-corrected chi connectivity index (χ4v) is 4.81. The molecule has 0 spiro atoms. The van der Waals surface area contributed by atoms with E-state index in [4.69, 9.17) is 0 Å². The summed E-state index contributed by atoms with van der Waals surface area (Å²) in [6.07, 6.45) is 3.90. The first-order valence-electron chi connectivity index (χ1n) is 11.8. The number of nitrogens with one attached hydrogen (secondary N) is 2. The van der Waals surface area contributed by atoms with Crippen molar-refractivity contribution in [3.05, 3.63) is 76.3 Å². The number of anilines is 2. The average molecular weight is 445 g/mol. The van der Waals surface area contributed by atoms with Gasteiger partial charge in [-0.15, -0.1) is 0 Å². The highest BCUT2D eigenvalue weighted by atomic mass is 16.2. The van der Waals surface area contributed by atoms with Crippen molar-refractivity contribution in [1.29, 1.82) is 0 Å². The Bertz CT molecular complexity index is 1110. The molecule has 1 aromatic heterocycles. The lowest BCUT2D eigenvalue weighted by molar-refractivity contribution is -0.116. The summed E-state index contributed by atoms with van der Waals surface area (Å²) in [5.74, 6) is -0.0199. The number of hydrogen-bond acceptors (Lipinski definition) is 5. The van der Waals surface area contributed by atoms with Gasteiger partial charge in [0.05, 0.1) is 0 Å². The lowest BCUT2D eigenvalue weighted by atomic mass is 9.75. The lowest BCUT2D eigenvalue weighted by Crippen LogP contribution is -2.35. The molecule has 2 aliphatic rings. The minimum absolute atomic E-state index is 0.118. The van der Waals surface area contributed by atoms with E-state index in [0.29, 0.717) is 17.8 Å². The first kappa shape index (κ1) is 22.8. The van der Waals surface area contributed by atoms with Crippen molar-refractivity contribution >= 4 is 23.2 Å². The van der Waals surface area contributed by atoms with Crippen LogP contribution in [0.25, 0.3) is 0 Å². The van der Waals surface area contributed by atoms with E-state index in [9.17, 15) is 9.59 Å². The third-order valence-corrected chi connectivity index (χ3v) is 6.53. The van der Waals surface area contributed by atoms with Crippen molar-refractivity contribution in [2.24, 2.45) is 0 Å². The number of dihydropyridines is 1. The summed E-state index contributed by atoms with van der Waals surface area (Å²) in [6, 6.07) is 12.0. The second-order valence-electron chi connectivity index (χ2n) is 8.70. The number of amides is 1. The fraction of sp³-hybridized carbons (Fsp3) is 0.370. The summed E-state index contributed by atoms with van der Waals surface area (Å²) in [5, 5.41) is 6.31. The molecule has 2 aromatic rings. The third kappa shape index (κ3) is 4.56. The molecule has 6 heteroatoms. The van der Waals surface area contributed by atoms with Crippen LogP contribution in [-0.4, -0.2) is 29.8 Å². The molecule has 1 aromatic carbocycles. The van der Waals surface area contributed by atoms with Crippen molar-refractivity contribution in [2.45, 2.75) is 52.9 Å². The Morgan fingerprint density at radius 2 is 1.82 bits per heavy atom. The van der Waals surface area contributed by atoms with Gasteiger partial charge in [0, 0.05) is 59.9 Å². The van der Waals surface area contributed by atoms with Crippen molar-refractivity contribution < 1.29 is 9.59 Å². The highest BCUT2D eigenvalue weighted by Gasteiger charge is 2.38. The summed E-state index contributed by atoms with van der Waals surface area (Å²) >= 11 is 0. The van der Waals surface area contributed by atoms with Crippen LogP contribution in [0.1, 0.15) is 57.1 Å². The van der Waals surface area contributed by atoms with Crippen LogP contribution in [0.3, 0.4) is 0 Å². The predicted molar refractivity (Wildman–Crippen MR) is 132 cm³/mol. The maximum Gasteiger partial charge on any atom is 0.255 e. The highest BCUT2D eigenvalue weighted by Crippen LogP contribution is 2.42. The predicted octanol–water partition coefficient (Wildman–Crippen LogP) is 4.84. The second-order valence-corrected chi connectivity index (χ2v) is 8.70. The van der Waals surface area contributed by atoms with Crippen LogP contribution in [0.4, 0.5) is 11.5 Å². The van der Waals surface area contributed by atoms with Gasteiger partial charge in [-0.3, -0.25) is 9.59 Å². The zero-order chi connectivity index (χ0) is 23.5. The number of rotatable bonds is 6. The molecule has 0 radical (unpaired) electrons. The van der Waals surface area contributed by atoms with Gasteiger partial charge in [0.15, 0.2) is 5.78 Å². The van der Waals surface area contributed by atoms with E-state index in [2.05, 4.69) is 58.6 Å². The van der Waals surface area contributed by atoms with Crippen LogP contribution in [0.2, 0.25) is 0 Å². The monoisotopic (exact) mass is 444 g/mol. The van der Waals surface area contributed by atoms with E-state index in [-0.39, 0.29) is 11.7 Å². The average Bonchev–Trinajstić information content (AvgIpc) is 2.81. The Morgan fingerprint density at radius 1 is 1.09 bits per heavy atom. The van der Waals surface area contributed by atoms with Gasteiger partial charge in [0.2, 0.25) is 0 Å². The van der Waals surface area contributed by atoms with Crippen molar-refractivity contribution in [3.63, 3.8) is 0 Å². The fourth-order valence-electron chi connectivity index (χ4n) is 4.81. The van der Waals surface area contributed by atoms with Crippen LogP contribution < -0.4 is 15.5 Å². The number of carbonyl (C=O) groups excluding carboxylic acids is 2. The first-order chi connectivity index (χ1) is 15.9. The first-order valence-corrected chi connectivity index (χ1v) is 11.8. The molecule has 1 aliphatic heterocycles.